The van der Waals surface area contributed by atoms with Crippen molar-refractivity contribution in [3.8, 4) is 11.1 Å². The van der Waals surface area contributed by atoms with Gasteiger partial charge in [0.2, 0.25) is 0 Å². The molecule has 0 radical (unpaired) electrons. The van der Waals surface area contributed by atoms with E-state index in [-0.39, 0.29) is 31.7 Å². The summed E-state index contributed by atoms with van der Waals surface area (Å²) in [5.74, 6) is -1.28. The number of carbonyl (C=O) groups excluding carboxylic acids is 2. The number of carboxylic acid groups (broad SMARTS) is 1. The van der Waals surface area contributed by atoms with Gasteiger partial charge in [-0.25, -0.2) is 14.4 Å². The number of rotatable bonds is 5. The summed E-state index contributed by atoms with van der Waals surface area (Å²) in [5.41, 5.74) is 2.14. The Hall–Kier alpha value is -3.59. The van der Waals surface area contributed by atoms with E-state index in [1.807, 2.05) is 43.4 Å². The van der Waals surface area contributed by atoms with Crippen LogP contribution < -0.4 is 0 Å². The smallest absolute Gasteiger partial charge is 0.411 e. The van der Waals surface area contributed by atoms with Crippen LogP contribution >= 0.6 is 0 Å². The Labute approximate surface area is 229 Å². The fourth-order valence-corrected chi connectivity index (χ4v) is 6.02. The summed E-state index contributed by atoms with van der Waals surface area (Å²) in [4.78, 5) is 44.2. The Balaban J connectivity index is 1.39. The van der Waals surface area contributed by atoms with Crippen molar-refractivity contribution >= 4 is 18.2 Å². The van der Waals surface area contributed by atoms with E-state index in [0.29, 0.717) is 12.8 Å². The molecule has 2 fully saturated rings. The fourth-order valence-electron chi connectivity index (χ4n) is 6.02. The Morgan fingerprint density at radius 1 is 0.974 bits per heavy atom. The molecule has 0 spiro atoms. The summed E-state index contributed by atoms with van der Waals surface area (Å²) in [7, 11) is 2.01. The lowest BCUT2D eigenvalue weighted by atomic mass is 9.85. The minimum atomic E-state index is -1.57. The van der Waals surface area contributed by atoms with Gasteiger partial charge in [0.25, 0.3) is 0 Å². The average molecular weight is 536 g/mol. The molecule has 0 unspecified atom stereocenters. The number of ether oxygens (including phenoxy) is 2. The first-order valence-electron chi connectivity index (χ1n) is 13.5. The number of piperidine rings is 1. The van der Waals surface area contributed by atoms with Crippen molar-refractivity contribution in [1.82, 2.24) is 14.7 Å². The lowest BCUT2D eigenvalue weighted by Crippen LogP contribution is -2.78. The minimum absolute atomic E-state index is 0.0987. The van der Waals surface area contributed by atoms with Crippen molar-refractivity contribution in [2.45, 2.75) is 56.7 Å². The number of carbonyl (C=O) groups is 3. The van der Waals surface area contributed by atoms with Gasteiger partial charge in [0, 0.05) is 12.0 Å². The molecule has 9 heteroatoms. The highest BCUT2D eigenvalue weighted by Gasteiger charge is 2.60. The summed E-state index contributed by atoms with van der Waals surface area (Å²) in [6, 6.07) is 15.9. The largest absolute Gasteiger partial charge is 0.479 e. The molecule has 2 heterocycles. The molecule has 1 N–H and O–H groups in total. The lowest BCUT2D eigenvalue weighted by Gasteiger charge is -2.54. The third kappa shape index (κ3) is 5.07. The van der Waals surface area contributed by atoms with Gasteiger partial charge in [0.05, 0.1) is 13.1 Å². The third-order valence-corrected chi connectivity index (χ3v) is 8.00. The highest BCUT2D eigenvalue weighted by atomic mass is 16.6. The van der Waals surface area contributed by atoms with Crippen molar-refractivity contribution in [2.24, 2.45) is 0 Å². The van der Waals surface area contributed by atoms with Crippen molar-refractivity contribution in [3.63, 3.8) is 0 Å². The molecule has 5 rings (SSSR count). The predicted molar refractivity (Wildman–Crippen MR) is 146 cm³/mol. The molecule has 3 aliphatic rings. The Morgan fingerprint density at radius 3 is 2.03 bits per heavy atom. The second-order valence-corrected chi connectivity index (χ2v) is 11.9. The van der Waals surface area contributed by atoms with Gasteiger partial charge in [-0.1, -0.05) is 48.5 Å². The molecule has 0 atom stereocenters. The number of likely N-dealkylation sites (tertiary alicyclic amines) is 2. The van der Waals surface area contributed by atoms with Gasteiger partial charge in [-0.05, 0) is 76.0 Å². The summed E-state index contributed by atoms with van der Waals surface area (Å²) < 4.78 is 11.4. The van der Waals surface area contributed by atoms with E-state index >= 15 is 0 Å². The normalized spacial score (nSPS) is 19.0. The number of fused-ring (bicyclic) bond motifs is 3. The molecule has 39 heavy (non-hydrogen) atoms. The Kier molecular flexibility index (Phi) is 7.05. The van der Waals surface area contributed by atoms with Crippen molar-refractivity contribution in [1.29, 1.82) is 0 Å². The molecule has 9 nitrogen and oxygen atoms in total. The first-order valence-corrected chi connectivity index (χ1v) is 13.5. The second-order valence-electron chi connectivity index (χ2n) is 11.9. The van der Waals surface area contributed by atoms with Crippen molar-refractivity contribution in [2.75, 3.05) is 39.8 Å². The zero-order valence-corrected chi connectivity index (χ0v) is 23.1. The molecule has 1 aliphatic carbocycles. The van der Waals surface area contributed by atoms with Gasteiger partial charge < -0.3 is 24.4 Å². The number of hydrogen-bond acceptors (Lipinski definition) is 6. The number of aliphatic carboxylic acids is 1. The fraction of sp³-hybridized carbons (Fsp3) is 0.500. The number of carboxylic acids is 1. The topological polar surface area (TPSA) is 99.6 Å². The minimum Gasteiger partial charge on any atom is -0.479 e. The van der Waals surface area contributed by atoms with Crippen LogP contribution in [-0.4, -0.2) is 95.0 Å². The molecule has 2 aliphatic heterocycles. The van der Waals surface area contributed by atoms with Gasteiger partial charge >= 0.3 is 18.2 Å². The summed E-state index contributed by atoms with van der Waals surface area (Å²) in [5, 5.41) is 10.4. The standard InChI is InChI=1S/C30H37N3O6/c1-29(2,3)39-27(36)32-18-30(19-32,26(34)35)33(20-13-15-31(4)16-14-20)28(37)38-17-25-23-11-7-5-9-21(23)22-10-6-8-12-24(22)25/h5-12,20,25H,13-19H2,1-4H3,(H,34,35). The van der Waals surface area contributed by atoms with Crippen LogP contribution in [0, 0.1) is 0 Å². The van der Waals surface area contributed by atoms with E-state index in [0.717, 1.165) is 35.3 Å². The number of nitrogens with zero attached hydrogens (tertiary/aromatic N) is 3. The van der Waals surface area contributed by atoms with Crippen LogP contribution in [0.1, 0.15) is 50.7 Å². The first-order chi connectivity index (χ1) is 18.5. The van der Waals surface area contributed by atoms with Gasteiger partial charge in [-0.2, -0.15) is 0 Å². The SMILES string of the molecule is CN1CCC(N(C(=O)OCC2c3ccccc3-c3ccccc32)C2(C(=O)O)CN(C(=O)OC(C)(C)C)C2)CC1. The monoisotopic (exact) mass is 535 g/mol. The maximum atomic E-state index is 13.8. The van der Waals surface area contributed by atoms with E-state index in [1.54, 1.807) is 20.8 Å². The van der Waals surface area contributed by atoms with Crippen LogP contribution in [0.2, 0.25) is 0 Å². The Bertz CT molecular complexity index is 1210. The lowest BCUT2D eigenvalue weighted by molar-refractivity contribution is -0.165. The molecule has 0 aromatic heterocycles. The van der Waals surface area contributed by atoms with Crippen LogP contribution in [0.5, 0.6) is 0 Å². The van der Waals surface area contributed by atoms with Gasteiger partial charge in [0.1, 0.15) is 12.2 Å². The van der Waals surface area contributed by atoms with E-state index in [4.69, 9.17) is 9.47 Å². The zero-order chi connectivity index (χ0) is 27.9. The van der Waals surface area contributed by atoms with E-state index in [9.17, 15) is 19.5 Å². The van der Waals surface area contributed by atoms with Crippen LogP contribution in [0.15, 0.2) is 48.5 Å². The van der Waals surface area contributed by atoms with Crippen molar-refractivity contribution in [3.05, 3.63) is 59.7 Å². The predicted octanol–water partition coefficient (Wildman–Crippen LogP) is 4.41. The number of hydrogen-bond donors (Lipinski definition) is 1. The van der Waals surface area contributed by atoms with Gasteiger partial charge in [-0.15, -0.1) is 0 Å². The zero-order valence-electron chi connectivity index (χ0n) is 23.1. The molecule has 208 valence electrons. The summed E-state index contributed by atoms with van der Waals surface area (Å²) >= 11 is 0. The molecule has 2 aromatic rings. The molecule has 2 saturated heterocycles. The highest BCUT2D eigenvalue weighted by molar-refractivity contribution is 5.89. The van der Waals surface area contributed by atoms with Gasteiger partial charge in [0.15, 0.2) is 5.54 Å². The molecular weight excluding hydrogens is 498 g/mol. The number of benzene rings is 2. The molecule has 2 amide bonds. The van der Waals surface area contributed by atoms with E-state index in [2.05, 4.69) is 17.0 Å². The van der Waals surface area contributed by atoms with E-state index < -0.39 is 29.3 Å². The van der Waals surface area contributed by atoms with Crippen molar-refractivity contribution < 1.29 is 29.0 Å². The molecular formula is C30H37N3O6. The van der Waals surface area contributed by atoms with Gasteiger partial charge in [-0.3, -0.25) is 4.90 Å². The van der Waals surface area contributed by atoms with Crippen LogP contribution in [0.3, 0.4) is 0 Å². The van der Waals surface area contributed by atoms with Crippen LogP contribution in [-0.2, 0) is 14.3 Å². The number of amides is 2. The third-order valence-electron chi connectivity index (χ3n) is 8.00. The molecule has 0 bridgehead atoms. The highest BCUT2D eigenvalue weighted by Crippen LogP contribution is 2.45. The van der Waals surface area contributed by atoms with Crippen LogP contribution in [0.25, 0.3) is 11.1 Å². The maximum absolute atomic E-state index is 13.8. The summed E-state index contributed by atoms with van der Waals surface area (Å²) in [6.07, 6.45) is 0.0116. The maximum Gasteiger partial charge on any atom is 0.411 e. The summed E-state index contributed by atoms with van der Waals surface area (Å²) in [6.45, 7) is 6.57. The molecule has 2 aromatic carbocycles. The first kappa shape index (κ1) is 27.0. The Morgan fingerprint density at radius 2 is 1.51 bits per heavy atom. The van der Waals surface area contributed by atoms with Crippen LogP contribution in [0.4, 0.5) is 9.59 Å². The molecule has 0 saturated carbocycles. The quantitative estimate of drug-likeness (QED) is 0.606. The average Bonchev–Trinajstić information content (AvgIpc) is 3.17. The van der Waals surface area contributed by atoms with E-state index in [1.165, 1.54) is 9.80 Å². The second kappa shape index (κ2) is 10.2.